The summed E-state index contributed by atoms with van der Waals surface area (Å²) in [5.74, 6) is 0. The third-order valence-electron chi connectivity index (χ3n) is 7.55. The molecule has 1 aromatic heterocycles. The van der Waals surface area contributed by atoms with Gasteiger partial charge in [-0.25, -0.2) is 0 Å². The number of aromatic nitrogens is 1. The summed E-state index contributed by atoms with van der Waals surface area (Å²) in [6, 6.07) is 27.6. The van der Waals surface area contributed by atoms with Gasteiger partial charge in [0, 0.05) is 25.5 Å². The zero-order valence-electron chi connectivity index (χ0n) is 21.6. The summed E-state index contributed by atoms with van der Waals surface area (Å²) in [6.07, 6.45) is 16.4. The van der Waals surface area contributed by atoms with Crippen LogP contribution in [0.25, 0.3) is 44.4 Å². The van der Waals surface area contributed by atoms with Gasteiger partial charge in [-0.1, -0.05) is 120 Å². The number of pyridine rings is 1. The molecule has 36 heavy (non-hydrogen) atoms. The normalized spacial score (nSPS) is 11.5. The molecule has 0 saturated carbocycles. The van der Waals surface area contributed by atoms with E-state index in [4.69, 9.17) is 4.98 Å². The molecule has 1 aliphatic rings. The molecule has 1 aliphatic carbocycles. The fraction of sp³-hybridized carbons (Fsp3) is 0.382. The average molecular weight is 653 g/mol. The maximum absolute atomic E-state index is 5.06. The molecule has 189 valence electrons. The summed E-state index contributed by atoms with van der Waals surface area (Å²) >= 11 is 0. The SMILES string of the molecule is CCCCCCCCCCCCCc1cc[c-]c(-c2cc3c4c(cccc4n2)-c2ccccc2-3)c1.[Ir]. The van der Waals surface area contributed by atoms with Gasteiger partial charge < -0.3 is 0 Å². The minimum absolute atomic E-state index is 0. The Hall–Kier alpha value is -2.28. The molecule has 0 N–H and O–H groups in total. The Kier molecular flexibility index (Phi) is 9.90. The van der Waals surface area contributed by atoms with Crippen molar-refractivity contribution in [2.75, 3.05) is 0 Å². The predicted octanol–water partition coefficient (Wildman–Crippen LogP) is 10.2. The number of nitrogens with zero attached hydrogens (tertiary/aromatic N) is 1. The summed E-state index contributed by atoms with van der Waals surface area (Å²) in [7, 11) is 0. The molecule has 0 unspecified atom stereocenters. The molecule has 1 radical (unpaired) electrons. The fourth-order valence-corrected chi connectivity index (χ4v) is 5.63. The second-order valence-electron chi connectivity index (χ2n) is 10.2. The fourth-order valence-electron chi connectivity index (χ4n) is 5.63. The van der Waals surface area contributed by atoms with Crippen LogP contribution in [-0.2, 0) is 26.5 Å². The number of rotatable bonds is 13. The van der Waals surface area contributed by atoms with E-state index in [2.05, 4.69) is 79.7 Å². The second-order valence-corrected chi connectivity index (χ2v) is 10.2. The Morgan fingerprint density at radius 3 is 2.00 bits per heavy atom. The van der Waals surface area contributed by atoms with Crippen molar-refractivity contribution >= 4 is 10.9 Å². The Balaban J connectivity index is 0.00000304. The van der Waals surface area contributed by atoms with Gasteiger partial charge in [-0.3, -0.25) is 4.98 Å². The smallest absolute Gasteiger partial charge is 0.0607 e. The van der Waals surface area contributed by atoms with Gasteiger partial charge in [-0.05, 0) is 40.4 Å². The Morgan fingerprint density at radius 2 is 1.28 bits per heavy atom. The first-order chi connectivity index (χ1) is 17.3. The molecule has 3 aromatic carbocycles. The van der Waals surface area contributed by atoms with Crippen molar-refractivity contribution in [2.24, 2.45) is 0 Å². The Morgan fingerprint density at radius 1 is 0.639 bits per heavy atom. The van der Waals surface area contributed by atoms with Gasteiger partial charge in [0.2, 0.25) is 0 Å². The van der Waals surface area contributed by atoms with Gasteiger partial charge in [-0.15, -0.1) is 35.4 Å². The Bertz CT molecular complexity index is 1280. The monoisotopic (exact) mass is 653 g/mol. The van der Waals surface area contributed by atoms with E-state index in [9.17, 15) is 0 Å². The van der Waals surface area contributed by atoms with Crippen molar-refractivity contribution in [3.05, 3.63) is 78.4 Å². The minimum atomic E-state index is 0. The second kappa shape index (κ2) is 13.3. The molecule has 0 bridgehead atoms. The topological polar surface area (TPSA) is 12.9 Å². The predicted molar refractivity (Wildman–Crippen MR) is 151 cm³/mol. The zero-order chi connectivity index (χ0) is 23.9. The summed E-state index contributed by atoms with van der Waals surface area (Å²) in [4.78, 5) is 5.06. The van der Waals surface area contributed by atoms with Crippen molar-refractivity contribution in [3.8, 4) is 33.5 Å². The summed E-state index contributed by atoms with van der Waals surface area (Å²) in [5, 5.41) is 1.29. The molecule has 0 amide bonds. The maximum atomic E-state index is 5.06. The van der Waals surface area contributed by atoms with Gasteiger partial charge in [0.15, 0.2) is 0 Å². The van der Waals surface area contributed by atoms with Crippen LogP contribution in [-0.4, -0.2) is 4.98 Å². The Labute approximate surface area is 231 Å². The van der Waals surface area contributed by atoms with E-state index in [1.165, 1.54) is 104 Å². The van der Waals surface area contributed by atoms with Crippen molar-refractivity contribution in [1.29, 1.82) is 0 Å². The van der Waals surface area contributed by atoms with Gasteiger partial charge in [-0.2, -0.15) is 0 Å². The van der Waals surface area contributed by atoms with E-state index >= 15 is 0 Å². The maximum Gasteiger partial charge on any atom is 0.0607 e. The standard InChI is InChI=1S/C34H38N.Ir/c1-2-3-4-5-6-7-8-9-10-11-12-17-26-18-15-19-27(24-26)33-25-31-29-21-14-13-20-28(29)30-22-16-23-32(35-33)34(30)31;/h13-16,18,20-25H,2-12,17H2,1H3;/q-1;. The van der Waals surface area contributed by atoms with Crippen LogP contribution in [0.5, 0.6) is 0 Å². The van der Waals surface area contributed by atoms with Crippen molar-refractivity contribution in [1.82, 2.24) is 4.98 Å². The van der Waals surface area contributed by atoms with Crippen molar-refractivity contribution in [2.45, 2.75) is 84.0 Å². The first-order valence-electron chi connectivity index (χ1n) is 13.9. The van der Waals surface area contributed by atoms with E-state index in [1.807, 2.05) is 0 Å². The van der Waals surface area contributed by atoms with Crippen LogP contribution in [0.1, 0.15) is 83.1 Å². The van der Waals surface area contributed by atoms with Gasteiger partial charge >= 0.3 is 0 Å². The third kappa shape index (κ3) is 6.16. The van der Waals surface area contributed by atoms with Crippen LogP contribution >= 0.6 is 0 Å². The van der Waals surface area contributed by atoms with Crippen LogP contribution in [0.2, 0.25) is 0 Å². The van der Waals surface area contributed by atoms with E-state index < -0.39 is 0 Å². The third-order valence-corrected chi connectivity index (χ3v) is 7.55. The van der Waals surface area contributed by atoms with Crippen LogP contribution in [0, 0.1) is 6.07 Å². The number of fused-ring (bicyclic) bond motifs is 3. The average Bonchev–Trinajstić information content (AvgIpc) is 3.23. The number of unbranched alkanes of at least 4 members (excludes halogenated alkanes) is 10. The zero-order valence-corrected chi connectivity index (χ0v) is 24.0. The molecular formula is C34H38IrN-. The molecule has 5 rings (SSSR count). The largest absolute Gasteiger partial charge is 0.296 e. The van der Waals surface area contributed by atoms with Gasteiger partial charge in [0.1, 0.15) is 0 Å². The van der Waals surface area contributed by atoms with Crippen LogP contribution in [0.4, 0.5) is 0 Å². The number of benzene rings is 3. The molecule has 1 heterocycles. The van der Waals surface area contributed by atoms with E-state index in [1.54, 1.807) is 0 Å². The summed E-state index contributed by atoms with van der Waals surface area (Å²) < 4.78 is 0. The molecule has 0 saturated heterocycles. The molecule has 0 aliphatic heterocycles. The van der Waals surface area contributed by atoms with Crippen molar-refractivity contribution in [3.63, 3.8) is 0 Å². The molecular weight excluding hydrogens is 615 g/mol. The van der Waals surface area contributed by atoms with Crippen molar-refractivity contribution < 1.29 is 20.1 Å². The van der Waals surface area contributed by atoms with Crippen LogP contribution in [0.15, 0.2) is 66.7 Å². The minimum Gasteiger partial charge on any atom is -0.296 e. The first kappa shape index (κ1) is 26.8. The molecule has 0 fully saturated rings. The number of aryl methyl sites for hydroxylation is 1. The summed E-state index contributed by atoms with van der Waals surface area (Å²) in [5.41, 5.74) is 9.88. The summed E-state index contributed by atoms with van der Waals surface area (Å²) in [6.45, 7) is 2.29. The van der Waals surface area contributed by atoms with Crippen LogP contribution < -0.4 is 0 Å². The first-order valence-corrected chi connectivity index (χ1v) is 13.9. The number of hydrogen-bond donors (Lipinski definition) is 0. The molecule has 4 aromatic rings. The quantitative estimate of drug-likeness (QED) is 0.0911. The van der Waals surface area contributed by atoms with E-state index in [-0.39, 0.29) is 20.1 Å². The molecule has 0 atom stereocenters. The van der Waals surface area contributed by atoms with Gasteiger partial charge in [0.25, 0.3) is 0 Å². The number of hydrogen-bond acceptors (Lipinski definition) is 1. The van der Waals surface area contributed by atoms with E-state index in [0.29, 0.717) is 0 Å². The molecule has 2 heteroatoms. The molecule has 0 spiro atoms. The van der Waals surface area contributed by atoms with E-state index in [0.717, 1.165) is 23.2 Å². The van der Waals surface area contributed by atoms with Crippen LogP contribution in [0.3, 0.4) is 0 Å². The van der Waals surface area contributed by atoms with Gasteiger partial charge in [0.05, 0.1) is 5.52 Å². The molecule has 1 nitrogen and oxygen atoms in total.